The topological polar surface area (TPSA) is 129 Å². The molecule has 0 spiro atoms. The summed E-state index contributed by atoms with van der Waals surface area (Å²) in [6.45, 7) is 16.0. The van der Waals surface area contributed by atoms with Crippen LogP contribution in [0.25, 0.3) is 88.0 Å². The first-order valence-corrected chi connectivity index (χ1v) is 31.2. The number of hydrogen-bond acceptors (Lipinski definition) is 10. The van der Waals surface area contributed by atoms with Crippen molar-refractivity contribution >= 4 is 54.6 Å². The number of pyridine rings is 6. The average Bonchev–Trinajstić information content (AvgIpc) is 0.844. The van der Waals surface area contributed by atoms with E-state index in [1.807, 2.05) is 207 Å². The van der Waals surface area contributed by atoms with E-state index in [1.54, 1.807) is 31.0 Å². The third kappa shape index (κ3) is 20.6. The SMILES string of the molecule is Cc1cc(-c2ccc(-c3ccccc3)cc2)c2ccccc2n1.Cc1cc(-c2ccccc2)c2ccccc2n1.Cc1ccc2ccccc2n1.Cc1ccccn1.Cc1cccnc1.Cc1ccncc1.Cc1cnc2ccccc2n1.Cc1ncc2ccccc2n1. The van der Waals surface area contributed by atoms with Gasteiger partial charge in [0.05, 0.1) is 38.8 Å². The van der Waals surface area contributed by atoms with Gasteiger partial charge in [-0.05, 0) is 185 Å². The second-order valence-corrected chi connectivity index (χ2v) is 22.1. The predicted octanol–water partition coefficient (Wildman–Crippen LogP) is 20.7. The maximum absolute atomic E-state index is 4.63. The molecule has 0 saturated heterocycles. The highest BCUT2D eigenvalue weighted by Gasteiger charge is 2.08. The number of benzene rings is 8. The second-order valence-electron chi connectivity index (χ2n) is 22.1. The van der Waals surface area contributed by atoms with Crippen molar-refractivity contribution in [2.75, 3.05) is 0 Å². The van der Waals surface area contributed by atoms with Gasteiger partial charge in [0.2, 0.25) is 0 Å². The summed E-state index contributed by atoms with van der Waals surface area (Å²) in [7, 11) is 0. The smallest absolute Gasteiger partial charge is 0.125 e. The number of aryl methyl sites for hydroxylation is 8. The summed E-state index contributed by atoms with van der Waals surface area (Å²) in [5.74, 6) is 0.823. The third-order valence-corrected chi connectivity index (χ3v) is 14.5. The molecule has 16 rings (SSSR count). The van der Waals surface area contributed by atoms with E-state index < -0.39 is 0 Å². The lowest BCUT2D eigenvalue weighted by molar-refractivity contribution is 1.09. The Morgan fingerprint density at radius 2 is 0.702 bits per heavy atom. The largest absolute Gasteiger partial charge is 0.265 e. The van der Waals surface area contributed by atoms with E-state index in [9.17, 15) is 0 Å². The Labute approximate surface area is 552 Å². The Morgan fingerprint density at radius 3 is 1.23 bits per heavy atom. The summed E-state index contributed by atoms with van der Waals surface area (Å²) < 4.78 is 0. The Morgan fingerprint density at radius 1 is 0.223 bits per heavy atom. The van der Waals surface area contributed by atoms with Crippen molar-refractivity contribution in [3.05, 3.63) is 362 Å². The van der Waals surface area contributed by atoms with E-state index in [0.717, 1.165) is 72.8 Å². The van der Waals surface area contributed by atoms with Crippen molar-refractivity contribution in [1.82, 2.24) is 49.8 Å². The maximum Gasteiger partial charge on any atom is 0.125 e. The Hall–Kier alpha value is -11.9. The second kappa shape index (κ2) is 34.9. The lowest BCUT2D eigenvalue weighted by atomic mass is 9.97. The van der Waals surface area contributed by atoms with Gasteiger partial charge in [0.1, 0.15) is 5.82 Å². The van der Waals surface area contributed by atoms with Crippen LogP contribution in [0, 0.1) is 55.4 Å². The molecule has 8 aromatic carbocycles. The molecule has 0 N–H and O–H groups in total. The first-order chi connectivity index (χ1) is 45.9. The van der Waals surface area contributed by atoms with Gasteiger partial charge in [-0.1, -0.05) is 188 Å². The Balaban J connectivity index is 0.000000131. The molecule has 10 heteroatoms. The van der Waals surface area contributed by atoms with Gasteiger partial charge in [-0.2, -0.15) is 0 Å². The first-order valence-electron chi connectivity index (χ1n) is 31.2. The fourth-order valence-corrected chi connectivity index (χ4v) is 9.79. The molecule has 0 radical (unpaired) electrons. The molecular weight excluding hydrogens is 1150 g/mol. The summed E-state index contributed by atoms with van der Waals surface area (Å²) in [4.78, 5) is 42.2. The normalized spacial score (nSPS) is 10.1. The van der Waals surface area contributed by atoms with Crippen molar-refractivity contribution < 1.29 is 0 Å². The van der Waals surface area contributed by atoms with Crippen LogP contribution in [0.4, 0.5) is 0 Å². The van der Waals surface area contributed by atoms with Crippen molar-refractivity contribution in [1.29, 1.82) is 0 Å². The van der Waals surface area contributed by atoms with E-state index in [2.05, 4.69) is 183 Å². The Bertz CT molecular complexity index is 4650. The van der Waals surface area contributed by atoms with Gasteiger partial charge in [-0.15, -0.1) is 0 Å². The van der Waals surface area contributed by atoms with Crippen LogP contribution in [-0.4, -0.2) is 49.8 Å². The van der Waals surface area contributed by atoms with E-state index >= 15 is 0 Å². The van der Waals surface area contributed by atoms with Gasteiger partial charge >= 0.3 is 0 Å². The molecule has 0 bridgehead atoms. The van der Waals surface area contributed by atoms with E-state index in [4.69, 9.17) is 0 Å². The van der Waals surface area contributed by atoms with Gasteiger partial charge in [-0.3, -0.25) is 34.9 Å². The van der Waals surface area contributed by atoms with Gasteiger partial charge in [0, 0.05) is 87.7 Å². The third-order valence-electron chi connectivity index (χ3n) is 14.5. The number of para-hydroxylation sites is 6. The molecule has 0 aliphatic heterocycles. The number of aromatic nitrogens is 10. The highest BCUT2D eigenvalue weighted by atomic mass is 14.9. The zero-order chi connectivity index (χ0) is 65.7. The summed E-state index contributed by atoms with van der Waals surface area (Å²) in [6, 6.07) is 92.5. The van der Waals surface area contributed by atoms with Crippen LogP contribution in [0.5, 0.6) is 0 Å². The van der Waals surface area contributed by atoms with Gasteiger partial charge in [0.15, 0.2) is 0 Å². The number of nitrogens with zero attached hydrogens (tertiary/aromatic N) is 10. The number of hydrogen-bond donors (Lipinski definition) is 0. The van der Waals surface area contributed by atoms with Crippen LogP contribution in [0.3, 0.4) is 0 Å². The van der Waals surface area contributed by atoms with E-state index in [0.29, 0.717) is 0 Å². The lowest BCUT2D eigenvalue weighted by Gasteiger charge is -2.09. The fourth-order valence-electron chi connectivity index (χ4n) is 9.79. The minimum absolute atomic E-state index is 0.823. The molecular formula is C84H76N10. The molecule has 16 aromatic rings. The molecule has 0 atom stereocenters. The molecule has 0 saturated carbocycles. The minimum atomic E-state index is 0.823. The van der Waals surface area contributed by atoms with Gasteiger partial charge < -0.3 is 0 Å². The molecule has 462 valence electrons. The molecule has 94 heavy (non-hydrogen) atoms. The van der Waals surface area contributed by atoms with Crippen LogP contribution >= 0.6 is 0 Å². The summed E-state index contributed by atoms with van der Waals surface area (Å²) >= 11 is 0. The first kappa shape index (κ1) is 66.5. The van der Waals surface area contributed by atoms with Crippen molar-refractivity contribution in [2.45, 2.75) is 55.4 Å². The van der Waals surface area contributed by atoms with E-state index in [1.165, 1.54) is 60.7 Å². The van der Waals surface area contributed by atoms with Crippen LogP contribution in [0.15, 0.2) is 316 Å². The minimum Gasteiger partial charge on any atom is -0.265 e. The standard InChI is InChI=1S/C22H17N.C16H13N.C10H9N.2C9H8N2.3C6H7N/c1-16-15-21(20-9-5-6-10-22(20)23-16)19-13-11-18(12-14-19)17-7-3-2-4-8-17;1-12-11-15(13-7-3-2-4-8-13)14-9-5-6-10-16(14)17-12;1-8-6-7-9-4-2-3-5-10(9)11-8;1-7-10-6-8-4-2-3-5-9(8)11-7;1-7-6-10-8-4-2-3-5-9(8)11-7;1-6-2-4-7-5-3-6;1-6-3-2-4-7-5-6;1-6-4-2-3-5-7-6/h2-15H,1H3;2-11H,1H3;2-7H,1H3;2*2-6H,1H3;3*2-5H,1H3. The molecule has 8 aromatic heterocycles. The highest BCUT2D eigenvalue weighted by molar-refractivity contribution is 5.96. The zero-order valence-electron chi connectivity index (χ0n) is 54.5. The predicted molar refractivity (Wildman–Crippen MR) is 391 cm³/mol. The lowest BCUT2D eigenvalue weighted by Crippen LogP contribution is -1.88. The van der Waals surface area contributed by atoms with Gasteiger partial charge in [0.25, 0.3) is 0 Å². The number of fused-ring (bicyclic) bond motifs is 5. The number of rotatable bonds is 3. The maximum atomic E-state index is 4.63. The molecule has 0 amide bonds. The summed E-state index contributed by atoms with van der Waals surface area (Å²) in [5.41, 5.74) is 21.3. The van der Waals surface area contributed by atoms with Crippen LogP contribution in [-0.2, 0) is 0 Å². The highest BCUT2D eigenvalue weighted by Crippen LogP contribution is 2.31. The van der Waals surface area contributed by atoms with Crippen LogP contribution in [0.2, 0.25) is 0 Å². The van der Waals surface area contributed by atoms with Crippen molar-refractivity contribution in [3.8, 4) is 33.4 Å². The Kier molecular flexibility index (Phi) is 24.7. The molecule has 8 heterocycles. The van der Waals surface area contributed by atoms with Crippen molar-refractivity contribution in [3.63, 3.8) is 0 Å². The quantitative estimate of drug-likeness (QED) is 0.169. The molecule has 0 aliphatic carbocycles. The molecule has 0 unspecified atom stereocenters. The average molecular weight is 1230 g/mol. The fraction of sp³-hybridized carbons (Fsp3) is 0.0952. The van der Waals surface area contributed by atoms with Gasteiger partial charge in [-0.25, -0.2) is 15.0 Å². The van der Waals surface area contributed by atoms with E-state index in [-0.39, 0.29) is 0 Å². The molecule has 10 nitrogen and oxygen atoms in total. The summed E-state index contributed by atoms with van der Waals surface area (Å²) in [5, 5.41) is 4.71. The van der Waals surface area contributed by atoms with Crippen molar-refractivity contribution in [2.24, 2.45) is 0 Å². The van der Waals surface area contributed by atoms with Crippen LogP contribution in [0.1, 0.15) is 45.4 Å². The van der Waals surface area contributed by atoms with Crippen LogP contribution < -0.4 is 0 Å². The summed E-state index contributed by atoms with van der Waals surface area (Å²) in [6.07, 6.45) is 12.6. The molecule has 0 aliphatic rings. The zero-order valence-corrected chi connectivity index (χ0v) is 54.5. The monoisotopic (exact) mass is 1220 g/mol. The molecule has 0 fully saturated rings.